The van der Waals surface area contributed by atoms with Gasteiger partial charge in [-0.25, -0.2) is 4.21 Å². The molecule has 0 fully saturated rings. The first kappa shape index (κ1) is 19.7. The van der Waals surface area contributed by atoms with Crippen molar-refractivity contribution >= 4 is 23.0 Å². The molecule has 2 rings (SSSR count). The monoisotopic (exact) mass is 326 g/mol. The average Bonchev–Trinajstić information content (AvgIpc) is 3.06. The summed E-state index contributed by atoms with van der Waals surface area (Å²) < 4.78 is 13.4. The van der Waals surface area contributed by atoms with Crippen molar-refractivity contribution in [2.75, 3.05) is 7.11 Å². The Labute approximate surface area is 130 Å². The van der Waals surface area contributed by atoms with Crippen LogP contribution in [-0.4, -0.2) is 31.6 Å². The Kier molecular flexibility index (Phi) is 9.31. The van der Waals surface area contributed by atoms with Gasteiger partial charge in [0.1, 0.15) is 0 Å². The highest BCUT2D eigenvalue weighted by Gasteiger charge is 2.11. The lowest BCUT2D eigenvalue weighted by Crippen LogP contribution is -2.07. The third-order valence-corrected chi connectivity index (χ3v) is 3.66. The summed E-state index contributed by atoms with van der Waals surface area (Å²) in [6, 6.07) is 8.50. The highest BCUT2D eigenvalue weighted by atomic mass is 32.2. The molecule has 22 heavy (non-hydrogen) atoms. The van der Waals surface area contributed by atoms with Gasteiger partial charge in [-0.2, -0.15) is 0 Å². The summed E-state index contributed by atoms with van der Waals surface area (Å²) in [5.41, 5.74) is 0.213. The van der Waals surface area contributed by atoms with Crippen molar-refractivity contribution in [3.05, 3.63) is 58.4 Å². The normalized spacial score (nSPS) is 10.4. The number of nitro benzene ring substituents is 1. The zero-order valence-corrected chi connectivity index (χ0v) is 13.3. The molecule has 0 saturated heterocycles. The Balaban J connectivity index is 0.00000102. The lowest BCUT2D eigenvalue weighted by Gasteiger charge is -2.04. The van der Waals surface area contributed by atoms with Gasteiger partial charge < -0.3 is 5.11 Å². The average molecular weight is 326 g/mol. The van der Waals surface area contributed by atoms with Gasteiger partial charge in [-0.1, -0.05) is 13.8 Å². The molecule has 1 unspecified atom stereocenters. The molecule has 0 saturated carbocycles. The van der Waals surface area contributed by atoms with Crippen molar-refractivity contribution in [1.82, 2.24) is 3.97 Å². The molecule has 0 bridgehead atoms. The summed E-state index contributed by atoms with van der Waals surface area (Å²) in [6.45, 7) is 4.00. The molecule has 0 aliphatic carbocycles. The fraction of sp³-hybridized carbons (Fsp3) is 0.214. The maximum absolute atomic E-state index is 12.1. The van der Waals surface area contributed by atoms with Crippen LogP contribution < -0.4 is 0 Å². The van der Waals surface area contributed by atoms with E-state index in [0.29, 0.717) is 11.2 Å². The molecular weight excluding hydrogens is 308 g/mol. The van der Waals surface area contributed by atoms with Crippen LogP contribution in [0.1, 0.15) is 24.3 Å². The highest BCUT2D eigenvalue weighted by Crippen LogP contribution is 2.16. The number of nitro groups is 1. The third-order valence-electron chi connectivity index (χ3n) is 2.29. The SMILES string of the molecule is CC.CO.O=Cc1cccn1S(=O)c1ccc([N+](=O)[O-])cc1. The summed E-state index contributed by atoms with van der Waals surface area (Å²) in [4.78, 5) is 21.1. The second-order valence-corrected chi connectivity index (χ2v) is 4.74. The first-order chi connectivity index (χ1) is 10.6. The molecule has 120 valence electrons. The number of hydrogen-bond donors (Lipinski definition) is 1. The van der Waals surface area contributed by atoms with Crippen molar-refractivity contribution < 1.29 is 19.0 Å². The van der Waals surface area contributed by atoms with Gasteiger partial charge in [0, 0.05) is 25.4 Å². The number of benzene rings is 1. The fourth-order valence-electron chi connectivity index (χ4n) is 1.42. The number of aldehydes is 1. The van der Waals surface area contributed by atoms with Crippen LogP contribution in [0, 0.1) is 10.1 Å². The van der Waals surface area contributed by atoms with E-state index in [1.807, 2.05) is 13.8 Å². The minimum Gasteiger partial charge on any atom is -0.400 e. The van der Waals surface area contributed by atoms with Crippen LogP contribution in [0.3, 0.4) is 0 Å². The zero-order valence-electron chi connectivity index (χ0n) is 12.5. The largest absolute Gasteiger partial charge is 0.400 e. The molecule has 1 aromatic carbocycles. The molecule has 0 radical (unpaired) electrons. The van der Waals surface area contributed by atoms with Crippen LogP contribution in [0.4, 0.5) is 5.69 Å². The summed E-state index contributed by atoms with van der Waals surface area (Å²) >= 11 is 0. The van der Waals surface area contributed by atoms with Crippen LogP contribution in [0.15, 0.2) is 47.5 Å². The second-order valence-electron chi connectivity index (χ2n) is 3.38. The molecule has 1 N–H and O–H groups in total. The standard InChI is InChI=1S/C11H8N2O4S.C2H6.CH4O/c14-8-10-2-1-7-12(10)18(17)11-5-3-9(4-6-11)13(15)16;2*1-2/h1-8H;1-2H3;2H,1H3. The van der Waals surface area contributed by atoms with Gasteiger partial charge in [-0.15, -0.1) is 0 Å². The fourth-order valence-corrected chi connectivity index (χ4v) is 2.49. The van der Waals surface area contributed by atoms with Gasteiger partial charge in [0.25, 0.3) is 5.69 Å². The second kappa shape index (κ2) is 10.4. The van der Waals surface area contributed by atoms with E-state index in [-0.39, 0.29) is 11.4 Å². The molecule has 0 amide bonds. The van der Waals surface area contributed by atoms with Crippen molar-refractivity contribution in [3.8, 4) is 0 Å². The van der Waals surface area contributed by atoms with E-state index >= 15 is 0 Å². The number of non-ortho nitro benzene ring substituents is 1. The van der Waals surface area contributed by atoms with Gasteiger partial charge in [0.2, 0.25) is 0 Å². The van der Waals surface area contributed by atoms with Gasteiger partial charge in [-0.05, 0) is 24.3 Å². The molecule has 0 aliphatic heterocycles. The van der Waals surface area contributed by atoms with Crippen LogP contribution >= 0.6 is 0 Å². The highest BCUT2D eigenvalue weighted by molar-refractivity contribution is 7.83. The molecule has 1 heterocycles. The summed E-state index contributed by atoms with van der Waals surface area (Å²) in [5, 5.41) is 17.5. The molecule has 8 heteroatoms. The molecule has 2 aromatic rings. The van der Waals surface area contributed by atoms with E-state index < -0.39 is 15.9 Å². The number of rotatable bonds is 4. The number of nitrogens with zero attached hydrogens (tertiary/aromatic N) is 2. The number of aliphatic hydroxyl groups excluding tert-OH is 1. The summed E-state index contributed by atoms with van der Waals surface area (Å²) in [5.74, 6) is 0. The molecule has 0 aliphatic rings. The molecule has 0 spiro atoms. The minimum atomic E-state index is -1.59. The molecule has 1 aromatic heterocycles. The molecular formula is C14H18N2O5S. The van der Waals surface area contributed by atoms with E-state index in [0.717, 1.165) is 7.11 Å². The number of carbonyl (C=O) groups excluding carboxylic acids is 1. The van der Waals surface area contributed by atoms with E-state index in [1.54, 1.807) is 6.07 Å². The van der Waals surface area contributed by atoms with Crippen molar-refractivity contribution in [1.29, 1.82) is 0 Å². The number of carbonyl (C=O) groups is 1. The predicted octanol–water partition coefficient (Wildman–Crippen LogP) is 2.41. The number of hydrogen-bond acceptors (Lipinski definition) is 5. The maximum Gasteiger partial charge on any atom is 0.269 e. The predicted molar refractivity (Wildman–Crippen MR) is 84.2 cm³/mol. The summed E-state index contributed by atoms with van der Waals surface area (Å²) in [6.07, 6.45) is 2.12. The molecule has 7 nitrogen and oxygen atoms in total. The molecule has 1 atom stereocenters. The Hall–Kier alpha value is -2.32. The zero-order chi connectivity index (χ0) is 17.1. The first-order valence-electron chi connectivity index (χ1n) is 6.37. The smallest absolute Gasteiger partial charge is 0.269 e. The number of aliphatic hydroxyl groups is 1. The van der Waals surface area contributed by atoms with E-state index in [9.17, 15) is 19.1 Å². The minimum absolute atomic E-state index is 0.0705. The topological polar surface area (TPSA) is 102 Å². The Morgan fingerprint density at radius 2 is 1.73 bits per heavy atom. The quantitative estimate of drug-likeness (QED) is 0.528. The van der Waals surface area contributed by atoms with Crippen molar-refractivity contribution in [2.45, 2.75) is 18.7 Å². The maximum atomic E-state index is 12.1. The lowest BCUT2D eigenvalue weighted by atomic mass is 10.3. The van der Waals surface area contributed by atoms with Crippen LogP contribution in [-0.2, 0) is 11.0 Å². The van der Waals surface area contributed by atoms with Gasteiger partial charge in [0.15, 0.2) is 17.3 Å². The summed E-state index contributed by atoms with van der Waals surface area (Å²) in [7, 11) is -0.586. The third kappa shape index (κ3) is 4.90. The lowest BCUT2D eigenvalue weighted by molar-refractivity contribution is -0.384. The first-order valence-corrected chi connectivity index (χ1v) is 7.48. The Morgan fingerprint density at radius 1 is 1.18 bits per heavy atom. The van der Waals surface area contributed by atoms with Gasteiger partial charge in [-0.3, -0.25) is 18.9 Å². The van der Waals surface area contributed by atoms with Gasteiger partial charge in [0.05, 0.1) is 15.5 Å². The van der Waals surface area contributed by atoms with E-state index in [4.69, 9.17) is 5.11 Å². The van der Waals surface area contributed by atoms with E-state index in [2.05, 4.69) is 0 Å². The van der Waals surface area contributed by atoms with Crippen LogP contribution in [0.25, 0.3) is 0 Å². The van der Waals surface area contributed by atoms with Crippen molar-refractivity contribution in [3.63, 3.8) is 0 Å². The van der Waals surface area contributed by atoms with Crippen molar-refractivity contribution in [2.24, 2.45) is 0 Å². The number of aromatic nitrogens is 1. The van der Waals surface area contributed by atoms with Gasteiger partial charge >= 0.3 is 0 Å². The Morgan fingerprint density at radius 3 is 2.18 bits per heavy atom. The van der Waals surface area contributed by atoms with E-state index in [1.165, 1.54) is 40.5 Å². The van der Waals surface area contributed by atoms with Crippen LogP contribution in [0.2, 0.25) is 0 Å². The van der Waals surface area contributed by atoms with Crippen LogP contribution in [0.5, 0.6) is 0 Å². The Bertz CT molecular complexity index is 622.